The Labute approximate surface area is 145 Å². The van der Waals surface area contributed by atoms with Crippen LogP contribution in [0.1, 0.15) is 18.2 Å². The minimum absolute atomic E-state index is 0.0553. The van der Waals surface area contributed by atoms with Gasteiger partial charge in [0.05, 0.1) is 18.3 Å². The van der Waals surface area contributed by atoms with Gasteiger partial charge in [-0.3, -0.25) is 4.79 Å². The zero-order valence-corrected chi connectivity index (χ0v) is 14.5. The van der Waals surface area contributed by atoms with Crippen LogP contribution in [0.15, 0.2) is 47.1 Å². The summed E-state index contributed by atoms with van der Waals surface area (Å²) in [4.78, 5) is 20.2. The van der Waals surface area contributed by atoms with E-state index in [1.165, 1.54) is 19.1 Å². The minimum atomic E-state index is -0.319. The average Bonchev–Trinajstić information content (AvgIpc) is 3.06. The molecule has 130 valence electrons. The van der Waals surface area contributed by atoms with Crippen LogP contribution >= 0.6 is 0 Å². The van der Waals surface area contributed by atoms with Crippen molar-refractivity contribution < 1.29 is 13.6 Å². The minimum Gasteiger partial charge on any atom is -0.467 e. The number of anilines is 1. The fraction of sp³-hybridized carbons (Fsp3) is 0.263. The van der Waals surface area contributed by atoms with Crippen LogP contribution in [0.4, 0.5) is 10.2 Å². The van der Waals surface area contributed by atoms with E-state index in [9.17, 15) is 9.18 Å². The van der Waals surface area contributed by atoms with Gasteiger partial charge >= 0.3 is 0 Å². The first kappa shape index (κ1) is 17.0. The quantitative estimate of drug-likeness (QED) is 0.712. The Balaban J connectivity index is 1.98. The first-order valence-electron chi connectivity index (χ1n) is 7.98. The van der Waals surface area contributed by atoms with Crippen molar-refractivity contribution in [3.05, 3.63) is 59.8 Å². The molecule has 0 saturated carbocycles. The molecular formula is C19H20FN3O2. The summed E-state index contributed by atoms with van der Waals surface area (Å²) in [6.07, 6.45) is 1.59. The lowest BCUT2D eigenvalue weighted by Gasteiger charge is -2.24. The molecule has 0 unspecified atom stereocenters. The number of benzene rings is 1. The van der Waals surface area contributed by atoms with Crippen molar-refractivity contribution in [2.75, 3.05) is 19.0 Å². The van der Waals surface area contributed by atoms with Crippen molar-refractivity contribution in [1.29, 1.82) is 0 Å². The van der Waals surface area contributed by atoms with Gasteiger partial charge in [0.25, 0.3) is 0 Å². The second-order valence-corrected chi connectivity index (χ2v) is 6.16. The molecule has 0 fully saturated rings. The molecule has 2 aromatic heterocycles. The molecule has 1 aromatic carbocycles. The fourth-order valence-electron chi connectivity index (χ4n) is 2.75. The van der Waals surface area contributed by atoms with Crippen LogP contribution in [0.5, 0.6) is 0 Å². The summed E-state index contributed by atoms with van der Waals surface area (Å²) in [6, 6.07) is 10.1. The van der Waals surface area contributed by atoms with Gasteiger partial charge in [-0.15, -0.1) is 0 Å². The van der Waals surface area contributed by atoms with E-state index in [4.69, 9.17) is 4.42 Å². The van der Waals surface area contributed by atoms with E-state index in [0.717, 1.165) is 16.7 Å². The number of carbonyl (C=O) groups is 1. The molecule has 0 bridgehead atoms. The Kier molecular flexibility index (Phi) is 4.70. The third-order valence-corrected chi connectivity index (χ3v) is 3.99. The lowest BCUT2D eigenvalue weighted by molar-refractivity contribution is -0.130. The van der Waals surface area contributed by atoms with Gasteiger partial charge < -0.3 is 14.2 Å². The predicted molar refractivity (Wildman–Crippen MR) is 94.7 cm³/mol. The highest BCUT2D eigenvalue weighted by molar-refractivity contribution is 5.82. The molecule has 25 heavy (non-hydrogen) atoms. The summed E-state index contributed by atoms with van der Waals surface area (Å²) < 4.78 is 18.8. The van der Waals surface area contributed by atoms with Crippen molar-refractivity contribution in [2.45, 2.75) is 20.0 Å². The van der Waals surface area contributed by atoms with E-state index >= 15 is 0 Å². The van der Waals surface area contributed by atoms with Crippen LogP contribution in [0.2, 0.25) is 0 Å². The topological polar surface area (TPSA) is 49.6 Å². The summed E-state index contributed by atoms with van der Waals surface area (Å²) in [6.45, 7) is 2.31. The molecule has 0 saturated heterocycles. The molecule has 5 nitrogen and oxygen atoms in total. The first-order chi connectivity index (χ1) is 11.9. The van der Waals surface area contributed by atoms with E-state index in [2.05, 4.69) is 4.98 Å². The van der Waals surface area contributed by atoms with Gasteiger partial charge in [0.1, 0.15) is 17.4 Å². The number of amides is 1. The van der Waals surface area contributed by atoms with Crippen molar-refractivity contribution >= 4 is 22.6 Å². The van der Waals surface area contributed by atoms with E-state index in [-0.39, 0.29) is 11.7 Å². The number of fused-ring (bicyclic) bond motifs is 1. The Morgan fingerprint density at radius 2 is 2.00 bits per heavy atom. The zero-order chi connectivity index (χ0) is 18.0. The number of nitrogens with zero attached hydrogens (tertiary/aromatic N) is 3. The van der Waals surface area contributed by atoms with Crippen LogP contribution in [0.3, 0.4) is 0 Å². The Bertz CT molecular complexity index is 891. The monoisotopic (exact) mass is 341 g/mol. The second kappa shape index (κ2) is 6.93. The van der Waals surface area contributed by atoms with Crippen molar-refractivity contribution in [3.63, 3.8) is 0 Å². The molecule has 0 radical (unpaired) electrons. The fourth-order valence-corrected chi connectivity index (χ4v) is 2.75. The first-order valence-corrected chi connectivity index (χ1v) is 7.98. The van der Waals surface area contributed by atoms with Crippen molar-refractivity contribution in [1.82, 2.24) is 9.88 Å². The highest BCUT2D eigenvalue weighted by Gasteiger charge is 2.17. The molecule has 0 aliphatic carbocycles. The van der Waals surface area contributed by atoms with Crippen LogP contribution < -0.4 is 4.90 Å². The Hall–Kier alpha value is -2.89. The normalized spacial score (nSPS) is 10.9. The number of carbonyl (C=O) groups excluding carboxylic acids is 1. The lowest BCUT2D eigenvalue weighted by atomic mass is 10.1. The van der Waals surface area contributed by atoms with Crippen LogP contribution in [0.25, 0.3) is 10.9 Å². The summed E-state index contributed by atoms with van der Waals surface area (Å²) in [5, 5.41) is 0.837. The van der Waals surface area contributed by atoms with E-state index in [0.29, 0.717) is 24.4 Å². The molecule has 0 spiro atoms. The number of halogens is 1. The standard InChI is InChI=1S/C19H20FN3O2/c1-13(24)23(12-17-5-4-8-25-17)11-15-9-14-6-7-16(20)10-18(14)21-19(15)22(2)3/h4-10H,11-12H2,1-3H3. The molecule has 0 N–H and O–H groups in total. The van der Waals surface area contributed by atoms with Gasteiger partial charge in [-0.25, -0.2) is 9.37 Å². The smallest absolute Gasteiger partial charge is 0.220 e. The second-order valence-electron chi connectivity index (χ2n) is 6.16. The van der Waals surface area contributed by atoms with Crippen LogP contribution in [-0.4, -0.2) is 29.9 Å². The molecule has 0 aliphatic heterocycles. The van der Waals surface area contributed by atoms with Crippen LogP contribution in [0, 0.1) is 5.82 Å². The summed E-state index contributed by atoms with van der Waals surface area (Å²) >= 11 is 0. The van der Waals surface area contributed by atoms with E-state index in [1.54, 1.807) is 23.3 Å². The highest BCUT2D eigenvalue weighted by atomic mass is 19.1. The molecule has 0 aliphatic rings. The Morgan fingerprint density at radius 3 is 2.64 bits per heavy atom. The number of rotatable bonds is 5. The molecule has 1 amide bonds. The van der Waals surface area contributed by atoms with Gasteiger partial charge in [-0.1, -0.05) is 0 Å². The third kappa shape index (κ3) is 3.79. The molecule has 6 heteroatoms. The molecule has 3 aromatic rings. The largest absolute Gasteiger partial charge is 0.467 e. The maximum absolute atomic E-state index is 13.5. The predicted octanol–water partition coefficient (Wildman–Crippen LogP) is 3.58. The summed E-state index contributed by atoms with van der Waals surface area (Å²) in [7, 11) is 3.75. The van der Waals surface area contributed by atoms with Gasteiger partial charge in [0, 0.05) is 44.6 Å². The lowest BCUT2D eigenvalue weighted by Crippen LogP contribution is -2.28. The number of hydrogen-bond acceptors (Lipinski definition) is 4. The molecular weight excluding hydrogens is 321 g/mol. The zero-order valence-electron chi connectivity index (χ0n) is 14.5. The van der Waals surface area contributed by atoms with Crippen LogP contribution in [-0.2, 0) is 17.9 Å². The maximum Gasteiger partial charge on any atom is 0.220 e. The summed E-state index contributed by atoms with van der Waals surface area (Å²) in [5.74, 6) is 1.06. The van der Waals surface area contributed by atoms with E-state index in [1.807, 2.05) is 31.1 Å². The SMILES string of the molecule is CC(=O)N(Cc1ccco1)Cc1cc2ccc(F)cc2nc1N(C)C. The van der Waals surface area contributed by atoms with Crippen molar-refractivity contribution in [2.24, 2.45) is 0 Å². The third-order valence-electron chi connectivity index (χ3n) is 3.99. The van der Waals surface area contributed by atoms with E-state index < -0.39 is 0 Å². The number of hydrogen-bond donors (Lipinski definition) is 0. The highest BCUT2D eigenvalue weighted by Crippen LogP contribution is 2.25. The number of aromatic nitrogens is 1. The van der Waals surface area contributed by atoms with Gasteiger partial charge in [-0.05, 0) is 30.3 Å². The number of furan rings is 1. The van der Waals surface area contributed by atoms with Gasteiger partial charge in [0.2, 0.25) is 5.91 Å². The van der Waals surface area contributed by atoms with Gasteiger partial charge in [0.15, 0.2) is 0 Å². The van der Waals surface area contributed by atoms with Crippen molar-refractivity contribution in [3.8, 4) is 0 Å². The molecule has 0 atom stereocenters. The molecule has 2 heterocycles. The Morgan fingerprint density at radius 1 is 1.20 bits per heavy atom. The van der Waals surface area contributed by atoms with Gasteiger partial charge in [-0.2, -0.15) is 0 Å². The number of pyridine rings is 1. The maximum atomic E-state index is 13.5. The summed E-state index contributed by atoms with van der Waals surface area (Å²) in [5.41, 5.74) is 1.48. The molecule has 3 rings (SSSR count). The average molecular weight is 341 g/mol.